The van der Waals surface area contributed by atoms with Crippen LogP contribution in [0.2, 0.25) is 0 Å². The quantitative estimate of drug-likeness (QED) is 0.835. The molecular weight excluding hydrogens is 228 g/mol. The van der Waals surface area contributed by atoms with E-state index in [9.17, 15) is 4.79 Å². The molecule has 1 fully saturated rings. The fourth-order valence-electron chi connectivity index (χ4n) is 2.64. The third kappa shape index (κ3) is 2.26. The summed E-state index contributed by atoms with van der Waals surface area (Å²) in [4.78, 5) is 13.3. The van der Waals surface area contributed by atoms with Crippen LogP contribution in [0.1, 0.15) is 29.5 Å². The van der Waals surface area contributed by atoms with Gasteiger partial charge in [0, 0.05) is 19.1 Å². The van der Waals surface area contributed by atoms with E-state index in [4.69, 9.17) is 10.8 Å². The Bertz CT molecular complexity index is 483. The summed E-state index contributed by atoms with van der Waals surface area (Å²) in [6.07, 6.45) is 3.06. The number of fused-ring (bicyclic) bond motifs is 1. The molecule has 0 bridgehead atoms. The average molecular weight is 246 g/mol. The summed E-state index contributed by atoms with van der Waals surface area (Å²) in [5.41, 5.74) is 9.33. The first kappa shape index (κ1) is 11.7. The molecule has 1 aliphatic carbocycles. The second kappa shape index (κ2) is 4.37. The number of hydrogen-bond donors (Lipinski definition) is 2. The lowest BCUT2D eigenvalue weighted by atomic mass is 10.0. The molecule has 1 aromatic rings. The van der Waals surface area contributed by atoms with Gasteiger partial charge >= 0.3 is 5.97 Å². The Morgan fingerprint density at radius 2 is 2.11 bits per heavy atom. The number of carboxylic acids is 1. The lowest BCUT2D eigenvalue weighted by Gasteiger charge is -2.12. The lowest BCUT2D eigenvalue weighted by molar-refractivity contribution is -0.138. The molecule has 0 aromatic heterocycles. The number of benzene rings is 1. The predicted octanol–water partition coefficient (Wildman–Crippen LogP) is 1.12. The monoisotopic (exact) mass is 246 g/mol. The molecule has 4 heteroatoms. The first-order valence-corrected chi connectivity index (χ1v) is 6.46. The van der Waals surface area contributed by atoms with Crippen LogP contribution in [0.15, 0.2) is 18.2 Å². The largest absolute Gasteiger partial charge is 0.480 e. The number of nitrogens with two attached hydrogens (primary N) is 1. The first-order chi connectivity index (χ1) is 8.63. The highest BCUT2D eigenvalue weighted by atomic mass is 16.4. The Morgan fingerprint density at radius 3 is 2.78 bits per heavy atom. The van der Waals surface area contributed by atoms with Crippen LogP contribution in [0.4, 0.5) is 0 Å². The van der Waals surface area contributed by atoms with Crippen LogP contribution in [0.25, 0.3) is 0 Å². The molecule has 18 heavy (non-hydrogen) atoms. The first-order valence-electron chi connectivity index (χ1n) is 6.46. The van der Waals surface area contributed by atoms with Gasteiger partial charge in [0.2, 0.25) is 0 Å². The number of carbonyl (C=O) groups is 1. The van der Waals surface area contributed by atoms with Gasteiger partial charge in [-0.15, -0.1) is 0 Å². The minimum absolute atomic E-state index is 0.409. The highest BCUT2D eigenvalue weighted by Crippen LogP contribution is 2.34. The molecule has 1 heterocycles. The maximum absolute atomic E-state index is 10.8. The number of rotatable bonds is 4. The second-order valence-corrected chi connectivity index (χ2v) is 5.39. The predicted molar refractivity (Wildman–Crippen MR) is 68.0 cm³/mol. The van der Waals surface area contributed by atoms with E-state index in [0.717, 1.165) is 24.7 Å². The minimum Gasteiger partial charge on any atom is -0.480 e. The van der Waals surface area contributed by atoms with Gasteiger partial charge in [-0.25, -0.2) is 0 Å². The molecule has 0 amide bonds. The Labute approximate surface area is 106 Å². The van der Waals surface area contributed by atoms with E-state index in [0.29, 0.717) is 6.42 Å². The van der Waals surface area contributed by atoms with E-state index in [1.165, 1.54) is 24.0 Å². The van der Waals surface area contributed by atoms with Crippen molar-refractivity contribution in [2.45, 2.75) is 44.4 Å². The Morgan fingerprint density at radius 1 is 1.39 bits per heavy atom. The Balaban J connectivity index is 1.72. The highest BCUT2D eigenvalue weighted by molar-refractivity contribution is 5.73. The number of hydrogen-bond acceptors (Lipinski definition) is 3. The molecule has 3 N–H and O–H groups in total. The van der Waals surface area contributed by atoms with Gasteiger partial charge < -0.3 is 10.8 Å². The number of aliphatic carboxylic acids is 1. The van der Waals surface area contributed by atoms with Crippen LogP contribution in [-0.2, 0) is 24.3 Å². The standard InChI is InChI=1S/C14H18N2O2/c15-13(14(17)18)6-9-1-2-10-7-16(12-3-4-12)8-11(10)5-9/h1-2,5,12-13H,3-4,6-8,15H2,(H,17,18). The van der Waals surface area contributed by atoms with Crippen molar-refractivity contribution in [1.29, 1.82) is 0 Å². The summed E-state index contributed by atoms with van der Waals surface area (Å²) in [7, 11) is 0. The third-order valence-electron chi connectivity index (χ3n) is 3.85. The molecule has 0 spiro atoms. The van der Waals surface area contributed by atoms with E-state index in [2.05, 4.69) is 17.0 Å². The van der Waals surface area contributed by atoms with Crippen LogP contribution in [-0.4, -0.2) is 28.1 Å². The zero-order valence-electron chi connectivity index (χ0n) is 10.3. The Hall–Kier alpha value is -1.39. The summed E-state index contributed by atoms with van der Waals surface area (Å²) < 4.78 is 0. The van der Waals surface area contributed by atoms with Crippen molar-refractivity contribution in [3.63, 3.8) is 0 Å². The molecule has 1 saturated carbocycles. The fourth-order valence-corrected chi connectivity index (χ4v) is 2.64. The third-order valence-corrected chi connectivity index (χ3v) is 3.85. The summed E-state index contributed by atoms with van der Waals surface area (Å²) in [6, 6.07) is 6.24. The van der Waals surface area contributed by atoms with Crippen LogP contribution < -0.4 is 5.73 Å². The Kier molecular flexibility index (Phi) is 2.84. The lowest BCUT2D eigenvalue weighted by Crippen LogP contribution is -2.32. The topological polar surface area (TPSA) is 66.6 Å². The summed E-state index contributed by atoms with van der Waals surface area (Å²) in [6.45, 7) is 2.06. The summed E-state index contributed by atoms with van der Waals surface area (Å²) in [5.74, 6) is -0.935. The van der Waals surface area contributed by atoms with Gasteiger partial charge in [0.25, 0.3) is 0 Å². The van der Waals surface area contributed by atoms with Crippen molar-refractivity contribution in [1.82, 2.24) is 4.90 Å². The maximum Gasteiger partial charge on any atom is 0.320 e. The molecule has 2 aliphatic rings. The average Bonchev–Trinajstić information content (AvgIpc) is 3.09. The van der Waals surface area contributed by atoms with Gasteiger partial charge in [0.15, 0.2) is 0 Å². The molecule has 0 saturated heterocycles. The van der Waals surface area contributed by atoms with Gasteiger partial charge in [-0.1, -0.05) is 18.2 Å². The molecule has 1 atom stereocenters. The van der Waals surface area contributed by atoms with Crippen LogP contribution >= 0.6 is 0 Å². The molecule has 3 rings (SSSR count). The van der Waals surface area contributed by atoms with E-state index in [1.807, 2.05) is 6.07 Å². The van der Waals surface area contributed by atoms with E-state index >= 15 is 0 Å². The number of carboxylic acid groups (broad SMARTS) is 1. The smallest absolute Gasteiger partial charge is 0.320 e. The normalized spacial score (nSPS) is 20.7. The van der Waals surface area contributed by atoms with Crippen molar-refractivity contribution in [3.8, 4) is 0 Å². The molecular formula is C14H18N2O2. The maximum atomic E-state index is 10.8. The van der Waals surface area contributed by atoms with Gasteiger partial charge in [0.05, 0.1) is 0 Å². The van der Waals surface area contributed by atoms with Crippen molar-refractivity contribution in [2.75, 3.05) is 0 Å². The minimum atomic E-state index is -0.935. The van der Waals surface area contributed by atoms with Gasteiger partial charge in [-0.3, -0.25) is 9.69 Å². The van der Waals surface area contributed by atoms with Crippen LogP contribution in [0.5, 0.6) is 0 Å². The second-order valence-electron chi connectivity index (χ2n) is 5.39. The van der Waals surface area contributed by atoms with Gasteiger partial charge in [-0.05, 0) is 36.0 Å². The summed E-state index contributed by atoms with van der Waals surface area (Å²) >= 11 is 0. The van der Waals surface area contributed by atoms with Gasteiger partial charge in [0.1, 0.15) is 6.04 Å². The zero-order chi connectivity index (χ0) is 12.7. The fraction of sp³-hybridized carbons (Fsp3) is 0.500. The molecule has 1 aromatic carbocycles. The van der Waals surface area contributed by atoms with E-state index < -0.39 is 12.0 Å². The van der Waals surface area contributed by atoms with E-state index in [-0.39, 0.29) is 0 Å². The van der Waals surface area contributed by atoms with Crippen molar-refractivity contribution in [3.05, 3.63) is 34.9 Å². The number of nitrogens with zero attached hydrogens (tertiary/aromatic N) is 1. The van der Waals surface area contributed by atoms with E-state index in [1.54, 1.807) is 0 Å². The van der Waals surface area contributed by atoms with Gasteiger partial charge in [-0.2, -0.15) is 0 Å². The molecule has 0 radical (unpaired) electrons. The molecule has 4 nitrogen and oxygen atoms in total. The molecule has 1 aliphatic heterocycles. The molecule has 96 valence electrons. The highest BCUT2D eigenvalue weighted by Gasteiger charge is 2.32. The van der Waals surface area contributed by atoms with Crippen molar-refractivity contribution < 1.29 is 9.90 Å². The van der Waals surface area contributed by atoms with Crippen LogP contribution in [0.3, 0.4) is 0 Å². The zero-order valence-corrected chi connectivity index (χ0v) is 10.3. The van der Waals surface area contributed by atoms with Crippen molar-refractivity contribution >= 4 is 5.97 Å². The van der Waals surface area contributed by atoms with Crippen LogP contribution in [0, 0.1) is 0 Å². The summed E-state index contributed by atoms with van der Waals surface area (Å²) in [5, 5.41) is 8.83. The van der Waals surface area contributed by atoms with Crippen molar-refractivity contribution in [2.24, 2.45) is 5.73 Å². The SMILES string of the molecule is NC(Cc1ccc2c(c1)CN(C1CC1)C2)C(=O)O. The molecule has 1 unspecified atom stereocenters.